The van der Waals surface area contributed by atoms with E-state index in [2.05, 4.69) is 31.2 Å². The highest BCUT2D eigenvalue weighted by molar-refractivity contribution is 5.30. The molecule has 1 heteroatoms. The van der Waals surface area contributed by atoms with Gasteiger partial charge in [0.05, 0.1) is 7.11 Å². The third-order valence-electron chi connectivity index (χ3n) is 2.97. The van der Waals surface area contributed by atoms with E-state index in [0.29, 0.717) is 0 Å². The summed E-state index contributed by atoms with van der Waals surface area (Å²) in [6, 6.07) is 17.7. The molecule has 0 bridgehead atoms. The number of benzene rings is 2. The van der Waals surface area contributed by atoms with Crippen LogP contribution in [0.4, 0.5) is 0 Å². The Balaban J connectivity index is 2.05. The molecule has 0 aliphatic rings. The molecule has 0 aliphatic carbocycles. The van der Waals surface area contributed by atoms with Gasteiger partial charge in [-0.3, -0.25) is 0 Å². The van der Waals surface area contributed by atoms with Gasteiger partial charge in [-0.15, -0.1) is 0 Å². The van der Waals surface area contributed by atoms with Crippen molar-refractivity contribution in [3.8, 4) is 5.75 Å². The Hall–Kier alpha value is -1.76. The van der Waals surface area contributed by atoms with E-state index in [1.165, 1.54) is 16.7 Å². The minimum atomic E-state index is 0.927. The van der Waals surface area contributed by atoms with Crippen molar-refractivity contribution in [2.45, 2.75) is 19.8 Å². The zero-order chi connectivity index (χ0) is 12.1. The molecule has 17 heavy (non-hydrogen) atoms. The van der Waals surface area contributed by atoms with E-state index in [4.69, 9.17) is 4.74 Å². The van der Waals surface area contributed by atoms with Gasteiger partial charge in [-0.05, 0) is 54.7 Å². The monoisotopic (exact) mass is 225 g/mol. The summed E-state index contributed by atoms with van der Waals surface area (Å²) in [6.07, 6.45) is 2.05. The maximum absolute atomic E-state index is 5.22. The summed E-state index contributed by atoms with van der Waals surface area (Å²) in [5.41, 5.74) is 3.92. The number of ether oxygens (including phenoxy) is 1. The van der Waals surface area contributed by atoms with Crippen molar-refractivity contribution in [1.82, 2.24) is 0 Å². The first-order valence-corrected chi connectivity index (χ1v) is 5.88. The van der Waals surface area contributed by atoms with Gasteiger partial charge in [0.15, 0.2) is 0 Å². The molecule has 2 rings (SSSR count). The summed E-state index contributed by atoms with van der Waals surface area (Å²) in [6.45, 7) is 2.14. The summed E-state index contributed by atoms with van der Waals surface area (Å²) in [5, 5.41) is 0. The zero-order valence-electron chi connectivity index (χ0n) is 10.4. The van der Waals surface area contributed by atoms with E-state index in [-0.39, 0.29) is 0 Å². The third kappa shape index (κ3) is 3.10. The van der Waals surface area contributed by atoms with Gasteiger partial charge < -0.3 is 4.74 Å². The van der Waals surface area contributed by atoms with Crippen LogP contribution in [-0.2, 0) is 12.8 Å². The molecule has 1 nitrogen and oxygen atoms in total. The lowest BCUT2D eigenvalue weighted by atomic mass is 10.0. The van der Waals surface area contributed by atoms with Crippen LogP contribution in [0.5, 0.6) is 5.75 Å². The second-order valence-electron chi connectivity index (χ2n) is 4.18. The molecule has 2 aromatic carbocycles. The molecule has 0 spiro atoms. The lowest BCUT2D eigenvalue weighted by molar-refractivity contribution is 0.414. The molecule has 1 radical (unpaired) electrons. The molecule has 0 saturated heterocycles. The topological polar surface area (TPSA) is 9.23 Å². The molecule has 0 heterocycles. The molecule has 0 unspecified atom stereocenters. The smallest absolute Gasteiger partial charge is 0.119 e. The Morgan fingerprint density at radius 2 is 2.00 bits per heavy atom. The molecule has 0 amide bonds. The summed E-state index contributed by atoms with van der Waals surface area (Å²) < 4.78 is 5.22. The van der Waals surface area contributed by atoms with Gasteiger partial charge >= 0.3 is 0 Å². The van der Waals surface area contributed by atoms with Crippen LogP contribution in [0, 0.1) is 13.0 Å². The van der Waals surface area contributed by atoms with Crippen molar-refractivity contribution in [3.63, 3.8) is 0 Å². The quantitative estimate of drug-likeness (QED) is 0.772. The minimum absolute atomic E-state index is 0.927. The van der Waals surface area contributed by atoms with Crippen LogP contribution in [0.3, 0.4) is 0 Å². The Labute approximate surface area is 103 Å². The molecule has 0 fully saturated rings. The van der Waals surface area contributed by atoms with Crippen LogP contribution >= 0.6 is 0 Å². The number of hydrogen-bond acceptors (Lipinski definition) is 1. The average Bonchev–Trinajstić information content (AvgIpc) is 2.38. The molecule has 2 aromatic rings. The molecule has 0 saturated carbocycles. The van der Waals surface area contributed by atoms with E-state index in [9.17, 15) is 0 Å². The molecule has 0 atom stereocenters. The molecule has 87 valence electrons. The highest BCUT2D eigenvalue weighted by Crippen LogP contribution is 2.15. The molecular weight excluding hydrogens is 208 g/mol. The molecule has 0 aliphatic heterocycles. The first-order chi connectivity index (χ1) is 8.29. The fourth-order valence-corrected chi connectivity index (χ4v) is 1.92. The van der Waals surface area contributed by atoms with Crippen molar-refractivity contribution in [1.29, 1.82) is 0 Å². The van der Waals surface area contributed by atoms with Gasteiger partial charge in [-0.25, -0.2) is 0 Å². The SMILES string of the molecule is COc1cccc(CCc2[c]cccc2C)c1. The Bertz CT molecular complexity index is 488. The molecule has 0 aromatic heterocycles. The summed E-state index contributed by atoms with van der Waals surface area (Å²) in [5.74, 6) is 0.927. The van der Waals surface area contributed by atoms with Crippen molar-refractivity contribution in [3.05, 3.63) is 65.2 Å². The van der Waals surface area contributed by atoms with E-state index in [0.717, 1.165) is 18.6 Å². The third-order valence-corrected chi connectivity index (χ3v) is 2.97. The van der Waals surface area contributed by atoms with Crippen LogP contribution in [0.2, 0.25) is 0 Å². The minimum Gasteiger partial charge on any atom is -0.497 e. The number of rotatable bonds is 4. The highest BCUT2D eigenvalue weighted by Gasteiger charge is 2.00. The first kappa shape index (κ1) is 11.7. The van der Waals surface area contributed by atoms with E-state index in [1.807, 2.05) is 24.3 Å². The summed E-state index contributed by atoms with van der Waals surface area (Å²) >= 11 is 0. The van der Waals surface area contributed by atoms with Gasteiger partial charge in [0, 0.05) is 0 Å². The van der Waals surface area contributed by atoms with Crippen LogP contribution in [0.15, 0.2) is 42.5 Å². The van der Waals surface area contributed by atoms with Gasteiger partial charge in [0.2, 0.25) is 0 Å². The fraction of sp³-hybridized carbons (Fsp3) is 0.250. The summed E-state index contributed by atoms with van der Waals surface area (Å²) in [7, 11) is 1.70. The van der Waals surface area contributed by atoms with Crippen LogP contribution in [0.25, 0.3) is 0 Å². The fourth-order valence-electron chi connectivity index (χ4n) is 1.92. The van der Waals surface area contributed by atoms with Crippen LogP contribution in [0.1, 0.15) is 16.7 Å². The molecular formula is C16H17O. The lowest BCUT2D eigenvalue weighted by Crippen LogP contribution is -1.94. The summed E-state index contributed by atoms with van der Waals surface area (Å²) in [4.78, 5) is 0. The maximum atomic E-state index is 5.22. The van der Waals surface area contributed by atoms with E-state index in [1.54, 1.807) is 7.11 Å². The highest BCUT2D eigenvalue weighted by atomic mass is 16.5. The van der Waals surface area contributed by atoms with Crippen LogP contribution < -0.4 is 4.74 Å². The Kier molecular flexibility index (Phi) is 3.81. The lowest BCUT2D eigenvalue weighted by Gasteiger charge is -2.06. The van der Waals surface area contributed by atoms with Crippen LogP contribution in [-0.4, -0.2) is 7.11 Å². The number of aryl methyl sites for hydroxylation is 3. The number of hydrogen-bond donors (Lipinski definition) is 0. The molecule has 0 N–H and O–H groups in total. The Morgan fingerprint density at radius 3 is 2.76 bits per heavy atom. The van der Waals surface area contributed by atoms with E-state index < -0.39 is 0 Å². The first-order valence-electron chi connectivity index (χ1n) is 5.88. The Morgan fingerprint density at radius 1 is 1.12 bits per heavy atom. The predicted molar refractivity (Wildman–Crippen MR) is 70.4 cm³/mol. The van der Waals surface area contributed by atoms with E-state index >= 15 is 0 Å². The standard InChI is InChI=1S/C16H17O/c1-13-6-3-4-8-15(13)11-10-14-7-5-9-16(12-14)17-2/h3-7,9,12H,10-11H2,1-2H3. The van der Waals surface area contributed by atoms with Gasteiger partial charge in [0.25, 0.3) is 0 Å². The van der Waals surface area contributed by atoms with Gasteiger partial charge in [0.1, 0.15) is 5.75 Å². The van der Waals surface area contributed by atoms with Gasteiger partial charge in [-0.1, -0.05) is 30.3 Å². The van der Waals surface area contributed by atoms with Gasteiger partial charge in [-0.2, -0.15) is 0 Å². The van der Waals surface area contributed by atoms with Crippen molar-refractivity contribution < 1.29 is 4.74 Å². The zero-order valence-corrected chi connectivity index (χ0v) is 10.4. The number of methoxy groups -OCH3 is 1. The average molecular weight is 225 g/mol. The second kappa shape index (κ2) is 5.53. The predicted octanol–water partition coefficient (Wildman–Crippen LogP) is 3.59. The normalized spacial score (nSPS) is 10.2. The largest absolute Gasteiger partial charge is 0.497 e. The van der Waals surface area contributed by atoms with Crippen molar-refractivity contribution in [2.24, 2.45) is 0 Å². The van der Waals surface area contributed by atoms with Crippen molar-refractivity contribution >= 4 is 0 Å². The maximum Gasteiger partial charge on any atom is 0.119 e. The van der Waals surface area contributed by atoms with Crippen molar-refractivity contribution in [2.75, 3.05) is 7.11 Å². The second-order valence-corrected chi connectivity index (χ2v) is 4.18.